The fourth-order valence-electron chi connectivity index (χ4n) is 3.74. The Balaban J connectivity index is 1.91. The Morgan fingerprint density at radius 2 is 1.61 bits per heavy atom. The first-order chi connectivity index (χ1) is 14.7. The molecule has 0 saturated carbocycles. The molecular formula is C25H32ClN3O2. The number of benzene rings is 2. The van der Waals surface area contributed by atoms with Gasteiger partial charge in [-0.3, -0.25) is 4.79 Å². The maximum absolute atomic E-state index is 13.3. The summed E-state index contributed by atoms with van der Waals surface area (Å²) in [5, 5.41) is 0.660. The number of imidazole rings is 1. The van der Waals surface area contributed by atoms with E-state index < -0.39 is 0 Å². The van der Waals surface area contributed by atoms with Gasteiger partial charge in [-0.15, -0.1) is 0 Å². The molecule has 0 aliphatic carbocycles. The van der Waals surface area contributed by atoms with Crippen molar-refractivity contribution in [3.8, 4) is 5.75 Å². The van der Waals surface area contributed by atoms with Crippen LogP contribution in [0.25, 0.3) is 11.0 Å². The van der Waals surface area contributed by atoms with Crippen LogP contribution < -0.4 is 4.74 Å². The standard InChI is InChI=1S/C25H32ClN3O2/c1-17(2)14-28(15-18(3)4)24(30)16-29-23-9-7-6-8-22(23)27-25(29)19(5)31-21-12-10-20(26)11-13-21/h6-13,17-19H,14-16H2,1-5H3. The van der Waals surface area contributed by atoms with Crippen LogP contribution in [0.2, 0.25) is 5.02 Å². The normalized spacial score (nSPS) is 12.5. The summed E-state index contributed by atoms with van der Waals surface area (Å²) in [5.41, 5.74) is 1.79. The number of nitrogens with zero attached hydrogens (tertiary/aromatic N) is 3. The summed E-state index contributed by atoms with van der Waals surface area (Å²) in [5.74, 6) is 2.37. The van der Waals surface area contributed by atoms with Crippen molar-refractivity contribution < 1.29 is 9.53 Å². The molecular weight excluding hydrogens is 410 g/mol. The number of carbonyl (C=O) groups is 1. The van der Waals surface area contributed by atoms with Gasteiger partial charge in [-0.05, 0) is 55.2 Å². The third kappa shape index (κ3) is 6.01. The first-order valence-electron chi connectivity index (χ1n) is 10.9. The Morgan fingerprint density at radius 3 is 2.23 bits per heavy atom. The molecule has 0 bridgehead atoms. The second-order valence-corrected chi connectivity index (χ2v) is 9.28. The van der Waals surface area contributed by atoms with Gasteiger partial charge in [0.05, 0.1) is 11.0 Å². The monoisotopic (exact) mass is 441 g/mol. The van der Waals surface area contributed by atoms with Crippen molar-refractivity contribution in [2.45, 2.75) is 47.3 Å². The quantitative estimate of drug-likeness (QED) is 0.411. The zero-order valence-corrected chi connectivity index (χ0v) is 19.8. The molecule has 1 atom stereocenters. The summed E-state index contributed by atoms with van der Waals surface area (Å²) >= 11 is 5.99. The Morgan fingerprint density at radius 1 is 1.00 bits per heavy atom. The summed E-state index contributed by atoms with van der Waals surface area (Å²) in [6.45, 7) is 12.2. The SMILES string of the molecule is CC(C)CN(CC(C)C)C(=O)Cn1c(C(C)Oc2ccc(Cl)cc2)nc2ccccc21. The van der Waals surface area contributed by atoms with Crippen LogP contribution in [0.15, 0.2) is 48.5 Å². The fourth-order valence-corrected chi connectivity index (χ4v) is 3.86. The predicted octanol–water partition coefficient (Wildman–Crippen LogP) is 5.97. The molecule has 3 rings (SSSR count). The number of amides is 1. The molecule has 0 N–H and O–H groups in total. The van der Waals surface area contributed by atoms with Crippen LogP contribution in [-0.2, 0) is 11.3 Å². The minimum Gasteiger partial charge on any atom is -0.483 e. The number of para-hydroxylation sites is 2. The molecule has 0 fully saturated rings. The molecule has 0 spiro atoms. The van der Waals surface area contributed by atoms with Crippen LogP contribution >= 0.6 is 11.6 Å². The maximum Gasteiger partial charge on any atom is 0.242 e. The van der Waals surface area contributed by atoms with E-state index in [4.69, 9.17) is 21.3 Å². The van der Waals surface area contributed by atoms with Crippen molar-refractivity contribution in [2.75, 3.05) is 13.1 Å². The molecule has 0 radical (unpaired) electrons. The van der Waals surface area contributed by atoms with Gasteiger partial charge in [-0.1, -0.05) is 51.4 Å². The van der Waals surface area contributed by atoms with E-state index >= 15 is 0 Å². The average molecular weight is 442 g/mol. The topological polar surface area (TPSA) is 47.4 Å². The van der Waals surface area contributed by atoms with Crippen molar-refractivity contribution in [3.05, 3.63) is 59.4 Å². The molecule has 5 nitrogen and oxygen atoms in total. The van der Waals surface area contributed by atoms with Crippen LogP contribution in [-0.4, -0.2) is 33.4 Å². The Labute approximate surface area is 190 Å². The molecule has 0 saturated heterocycles. The van der Waals surface area contributed by atoms with Crippen LogP contribution in [0, 0.1) is 11.8 Å². The molecule has 6 heteroatoms. The highest BCUT2D eigenvalue weighted by atomic mass is 35.5. The van der Waals surface area contributed by atoms with Gasteiger partial charge in [-0.2, -0.15) is 0 Å². The lowest BCUT2D eigenvalue weighted by atomic mass is 10.1. The lowest BCUT2D eigenvalue weighted by Gasteiger charge is -2.27. The number of halogens is 1. The number of fused-ring (bicyclic) bond motifs is 1. The summed E-state index contributed by atoms with van der Waals surface area (Å²) in [6.07, 6.45) is -0.329. The van der Waals surface area contributed by atoms with Crippen LogP contribution in [0.5, 0.6) is 5.75 Å². The van der Waals surface area contributed by atoms with Crippen LogP contribution in [0.3, 0.4) is 0 Å². The van der Waals surface area contributed by atoms with E-state index in [-0.39, 0.29) is 18.6 Å². The first-order valence-corrected chi connectivity index (χ1v) is 11.3. The van der Waals surface area contributed by atoms with Crippen molar-refractivity contribution in [1.82, 2.24) is 14.5 Å². The Bertz CT molecular complexity index is 1000. The molecule has 1 unspecified atom stereocenters. The number of carbonyl (C=O) groups excluding carboxylic acids is 1. The van der Waals surface area contributed by atoms with Gasteiger partial charge in [0.2, 0.25) is 5.91 Å². The summed E-state index contributed by atoms with van der Waals surface area (Å²) in [4.78, 5) is 20.1. The van der Waals surface area contributed by atoms with Gasteiger partial charge in [-0.25, -0.2) is 4.98 Å². The fraction of sp³-hybridized carbons (Fsp3) is 0.440. The molecule has 1 amide bonds. The number of hydrogen-bond donors (Lipinski definition) is 0. The Kier molecular flexibility index (Phi) is 7.60. The largest absolute Gasteiger partial charge is 0.483 e. The van der Waals surface area contributed by atoms with Gasteiger partial charge in [0.25, 0.3) is 0 Å². The third-order valence-electron chi connectivity index (χ3n) is 4.99. The van der Waals surface area contributed by atoms with Gasteiger partial charge in [0.1, 0.15) is 12.3 Å². The number of rotatable bonds is 9. The zero-order chi connectivity index (χ0) is 22.5. The maximum atomic E-state index is 13.3. The van der Waals surface area contributed by atoms with Crippen LogP contribution in [0.4, 0.5) is 0 Å². The Hall–Kier alpha value is -2.53. The molecule has 1 aromatic heterocycles. The highest BCUT2D eigenvalue weighted by molar-refractivity contribution is 6.30. The lowest BCUT2D eigenvalue weighted by Crippen LogP contribution is -2.39. The predicted molar refractivity (Wildman–Crippen MR) is 126 cm³/mol. The van der Waals surface area contributed by atoms with Gasteiger partial charge in [0.15, 0.2) is 11.9 Å². The number of aromatic nitrogens is 2. The van der Waals surface area contributed by atoms with E-state index in [2.05, 4.69) is 27.7 Å². The van der Waals surface area contributed by atoms with Gasteiger partial charge in [0, 0.05) is 18.1 Å². The number of ether oxygens (including phenoxy) is 1. The molecule has 3 aromatic rings. The van der Waals surface area contributed by atoms with Crippen molar-refractivity contribution >= 4 is 28.5 Å². The van der Waals surface area contributed by atoms with Crippen LogP contribution in [0.1, 0.15) is 46.5 Å². The smallest absolute Gasteiger partial charge is 0.242 e. The molecule has 0 aliphatic rings. The van der Waals surface area contributed by atoms with Gasteiger partial charge < -0.3 is 14.2 Å². The van der Waals surface area contributed by atoms with E-state index in [1.54, 1.807) is 12.1 Å². The minimum absolute atomic E-state index is 0.102. The average Bonchev–Trinajstić information content (AvgIpc) is 3.07. The molecule has 31 heavy (non-hydrogen) atoms. The summed E-state index contributed by atoms with van der Waals surface area (Å²) in [6, 6.07) is 15.2. The van der Waals surface area contributed by atoms with Crippen molar-refractivity contribution in [3.63, 3.8) is 0 Å². The van der Waals surface area contributed by atoms with Crippen molar-refractivity contribution in [1.29, 1.82) is 0 Å². The second kappa shape index (κ2) is 10.2. The minimum atomic E-state index is -0.329. The highest BCUT2D eigenvalue weighted by Gasteiger charge is 2.23. The molecule has 2 aromatic carbocycles. The third-order valence-corrected chi connectivity index (χ3v) is 5.24. The second-order valence-electron chi connectivity index (χ2n) is 8.85. The van der Waals surface area contributed by atoms with Gasteiger partial charge >= 0.3 is 0 Å². The highest BCUT2D eigenvalue weighted by Crippen LogP contribution is 2.26. The molecule has 166 valence electrons. The zero-order valence-electron chi connectivity index (χ0n) is 19.0. The van der Waals surface area contributed by atoms with E-state index in [9.17, 15) is 4.79 Å². The van der Waals surface area contributed by atoms with E-state index in [0.717, 1.165) is 29.9 Å². The van der Waals surface area contributed by atoms with E-state index in [0.29, 0.717) is 22.6 Å². The first kappa shape index (κ1) is 23.1. The lowest BCUT2D eigenvalue weighted by molar-refractivity contribution is -0.132. The molecule has 0 aliphatic heterocycles. The number of hydrogen-bond acceptors (Lipinski definition) is 3. The molecule has 1 heterocycles. The van der Waals surface area contributed by atoms with E-state index in [1.165, 1.54) is 0 Å². The van der Waals surface area contributed by atoms with E-state index in [1.807, 2.05) is 52.8 Å². The van der Waals surface area contributed by atoms with Crippen molar-refractivity contribution in [2.24, 2.45) is 11.8 Å². The summed E-state index contributed by atoms with van der Waals surface area (Å²) in [7, 11) is 0. The summed E-state index contributed by atoms with van der Waals surface area (Å²) < 4.78 is 8.12.